The molecule has 1 N–H and O–H groups in total. The number of rotatable bonds is 6. The van der Waals surface area contributed by atoms with Crippen molar-refractivity contribution < 1.29 is 14.6 Å². The van der Waals surface area contributed by atoms with Gasteiger partial charge < -0.3 is 14.6 Å². The molecular weight excluding hydrogens is 266 g/mol. The second kappa shape index (κ2) is 7.33. The quantitative estimate of drug-likeness (QED) is 0.655. The highest BCUT2D eigenvalue weighted by molar-refractivity contribution is 5.84. The number of aliphatic imine (C=N–C) groups is 1. The number of methoxy groups -OCH3 is 1. The van der Waals surface area contributed by atoms with Crippen molar-refractivity contribution in [2.45, 2.75) is 6.92 Å². The Morgan fingerprint density at radius 1 is 1.14 bits per heavy atom. The van der Waals surface area contributed by atoms with Crippen LogP contribution >= 0.6 is 0 Å². The molecule has 2 aromatic carbocycles. The van der Waals surface area contributed by atoms with Crippen LogP contribution in [0.1, 0.15) is 11.1 Å². The van der Waals surface area contributed by atoms with Crippen LogP contribution in [0.4, 0.5) is 0 Å². The fourth-order valence-electron chi connectivity index (χ4n) is 1.82. The van der Waals surface area contributed by atoms with Gasteiger partial charge in [-0.05, 0) is 31.2 Å². The van der Waals surface area contributed by atoms with Crippen molar-refractivity contribution in [1.29, 1.82) is 0 Å². The first kappa shape index (κ1) is 14.9. The van der Waals surface area contributed by atoms with Crippen LogP contribution < -0.4 is 9.47 Å². The van der Waals surface area contributed by atoms with Crippen molar-refractivity contribution in [3.8, 4) is 17.2 Å². The van der Waals surface area contributed by atoms with Crippen LogP contribution in [0.2, 0.25) is 0 Å². The van der Waals surface area contributed by atoms with Crippen LogP contribution in [0.15, 0.2) is 47.5 Å². The van der Waals surface area contributed by atoms with Crippen LogP contribution in [-0.4, -0.2) is 31.6 Å². The number of phenolic OH excluding ortho intramolecular Hbond substituents is 1. The Kier molecular flexibility index (Phi) is 5.21. The van der Waals surface area contributed by atoms with Crippen LogP contribution in [0, 0.1) is 6.92 Å². The molecule has 0 aliphatic rings. The second-order valence-corrected chi connectivity index (χ2v) is 4.59. The first-order valence-electron chi connectivity index (χ1n) is 6.76. The summed E-state index contributed by atoms with van der Waals surface area (Å²) in [6.07, 6.45) is 1.62. The Morgan fingerprint density at radius 2 is 1.90 bits per heavy atom. The molecule has 2 aromatic rings. The van der Waals surface area contributed by atoms with E-state index in [4.69, 9.17) is 9.47 Å². The minimum atomic E-state index is 0.100. The molecule has 2 rings (SSSR count). The maximum Gasteiger partial charge on any atom is 0.166 e. The van der Waals surface area contributed by atoms with Crippen molar-refractivity contribution >= 4 is 6.21 Å². The van der Waals surface area contributed by atoms with Gasteiger partial charge in [-0.2, -0.15) is 0 Å². The molecule has 21 heavy (non-hydrogen) atoms. The van der Waals surface area contributed by atoms with Crippen molar-refractivity contribution in [2.24, 2.45) is 4.99 Å². The number of para-hydroxylation sites is 1. The zero-order valence-electron chi connectivity index (χ0n) is 12.2. The number of hydrogen-bond acceptors (Lipinski definition) is 4. The van der Waals surface area contributed by atoms with Gasteiger partial charge in [0.15, 0.2) is 11.5 Å². The zero-order valence-corrected chi connectivity index (χ0v) is 12.2. The van der Waals surface area contributed by atoms with Crippen molar-refractivity contribution in [3.63, 3.8) is 0 Å². The van der Waals surface area contributed by atoms with Crippen molar-refractivity contribution in [1.82, 2.24) is 0 Å². The van der Waals surface area contributed by atoms with E-state index in [1.165, 1.54) is 12.7 Å². The summed E-state index contributed by atoms with van der Waals surface area (Å²) in [4.78, 5) is 4.24. The van der Waals surface area contributed by atoms with E-state index >= 15 is 0 Å². The lowest BCUT2D eigenvalue weighted by Gasteiger charge is -2.05. The van der Waals surface area contributed by atoms with E-state index < -0.39 is 0 Å². The van der Waals surface area contributed by atoms with Gasteiger partial charge in [-0.3, -0.25) is 4.99 Å². The molecule has 0 saturated carbocycles. The van der Waals surface area contributed by atoms with Gasteiger partial charge in [-0.1, -0.05) is 23.8 Å². The Balaban J connectivity index is 1.84. The molecule has 0 saturated heterocycles. The molecule has 0 radical (unpaired) electrons. The number of ether oxygens (including phenoxy) is 2. The lowest BCUT2D eigenvalue weighted by Crippen LogP contribution is -2.01. The van der Waals surface area contributed by atoms with E-state index in [9.17, 15) is 5.11 Å². The fraction of sp³-hybridized carbons (Fsp3) is 0.235. The Morgan fingerprint density at radius 3 is 2.62 bits per heavy atom. The third-order valence-electron chi connectivity index (χ3n) is 2.99. The molecule has 0 spiro atoms. The van der Waals surface area contributed by atoms with Gasteiger partial charge in [0, 0.05) is 11.8 Å². The highest BCUT2D eigenvalue weighted by Gasteiger charge is 2.04. The number of nitrogens with zero attached hydrogens (tertiary/aromatic N) is 1. The van der Waals surface area contributed by atoms with Crippen LogP contribution in [0.3, 0.4) is 0 Å². The normalized spacial score (nSPS) is 10.8. The van der Waals surface area contributed by atoms with Crippen molar-refractivity contribution in [3.05, 3.63) is 53.6 Å². The monoisotopic (exact) mass is 285 g/mol. The Bertz CT molecular complexity index is 606. The zero-order chi connectivity index (χ0) is 15.1. The van der Waals surface area contributed by atoms with Gasteiger partial charge in [0.1, 0.15) is 12.4 Å². The summed E-state index contributed by atoms with van der Waals surface area (Å²) in [5.74, 6) is 1.37. The van der Waals surface area contributed by atoms with Gasteiger partial charge in [0.05, 0.1) is 13.7 Å². The van der Waals surface area contributed by atoms with Crippen LogP contribution in [0.25, 0.3) is 0 Å². The van der Waals surface area contributed by atoms with Gasteiger partial charge in [0.25, 0.3) is 0 Å². The SMILES string of the molecule is COc1cccc(C=NCCOc2ccc(C)cc2)c1O. The third-order valence-corrected chi connectivity index (χ3v) is 2.99. The standard InChI is InChI=1S/C17H19NO3/c1-13-6-8-15(9-7-13)21-11-10-18-12-14-4-3-5-16(20-2)17(14)19/h3-9,12,19H,10-11H2,1-2H3. The summed E-state index contributed by atoms with van der Waals surface area (Å²) >= 11 is 0. The molecule has 110 valence electrons. The predicted octanol–water partition coefficient (Wildman–Crippen LogP) is 3.21. The Labute approximate surface area is 124 Å². The van der Waals surface area contributed by atoms with Gasteiger partial charge in [-0.25, -0.2) is 0 Å². The molecule has 0 aliphatic heterocycles. The average Bonchev–Trinajstić information content (AvgIpc) is 2.50. The minimum Gasteiger partial charge on any atom is -0.504 e. The number of benzene rings is 2. The van der Waals surface area contributed by atoms with E-state index in [1.54, 1.807) is 18.3 Å². The summed E-state index contributed by atoms with van der Waals surface area (Å²) in [5, 5.41) is 9.90. The molecule has 0 heterocycles. The molecule has 4 heteroatoms. The smallest absolute Gasteiger partial charge is 0.166 e. The molecule has 0 atom stereocenters. The van der Waals surface area contributed by atoms with E-state index in [-0.39, 0.29) is 5.75 Å². The van der Waals surface area contributed by atoms with E-state index in [0.29, 0.717) is 24.5 Å². The molecule has 0 aromatic heterocycles. The lowest BCUT2D eigenvalue weighted by atomic mass is 10.2. The predicted molar refractivity (Wildman–Crippen MR) is 83.8 cm³/mol. The topological polar surface area (TPSA) is 51.0 Å². The molecule has 0 aliphatic carbocycles. The summed E-state index contributed by atoms with van der Waals surface area (Å²) in [7, 11) is 1.52. The van der Waals surface area contributed by atoms with E-state index in [0.717, 1.165) is 5.75 Å². The second-order valence-electron chi connectivity index (χ2n) is 4.59. The van der Waals surface area contributed by atoms with Crippen LogP contribution in [-0.2, 0) is 0 Å². The van der Waals surface area contributed by atoms with Gasteiger partial charge >= 0.3 is 0 Å². The largest absolute Gasteiger partial charge is 0.504 e. The summed E-state index contributed by atoms with van der Waals surface area (Å²) < 4.78 is 10.6. The first-order chi connectivity index (χ1) is 10.2. The first-order valence-corrected chi connectivity index (χ1v) is 6.76. The number of aromatic hydroxyl groups is 1. The lowest BCUT2D eigenvalue weighted by molar-refractivity contribution is 0.329. The molecule has 0 fully saturated rings. The molecule has 0 unspecified atom stereocenters. The van der Waals surface area contributed by atoms with Crippen molar-refractivity contribution in [2.75, 3.05) is 20.3 Å². The highest BCUT2D eigenvalue weighted by atomic mass is 16.5. The average molecular weight is 285 g/mol. The maximum absolute atomic E-state index is 9.90. The molecular formula is C17H19NO3. The minimum absolute atomic E-state index is 0.100. The fourth-order valence-corrected chi connectivity index (χ4v) is 1.82. The molecule has 0 amide bonds. The Hall–Kier alpha value is -2.49. The van der Waals surface area contributed by atoms with Crippen LogP contribution in [0.5, 0.6) is 17.2 Å². The van der Waals surface area contributed by atoms with Gasteiger partial charge in [-0.15, -0.1) is 0 Å². The van der Waals surface area contributed by atoms with E-state index in [1.807, 2.05) is 37.3 Å². The molecule has 4 nitrogen and oxygen atoms in total. The maximum atomic E-state index is 9.90. The van der Waals surface area contributed by atoms with E-state index in [2.05, 4.69) is 4.99 Å². The number of hydrogen-bond donors (Lipinski definition) is 1. The number of aryl methyl sites for hydroxylation is 1. The summed E-state index contributed by atoms with van der Waals surface area (Å²) in [6.45, 7) is 3.05. The number of phenols is 1. The van der Waals surface area contributed by atoms with Gasteiger partial charge in [0.2, 0.25) is 0 Å². The highest BCUT2D eigenvalue weighted by Crippen LogP contribution is 2.27. The molecule has 0 bridgehead atoms. The third kappa shape index (κ3) is 4.24. The summed E-state index contributed by atoms with van der Waals surface area (Å²) in [5.41, 5.74) is 1.83. The summed E-state index contributed by atoms with van der Waals surface area (Å²) in [6, 6.07) is 13.2.